The molecule has 1 unspecified atom stereocenters. The zero-order chi connectivity index (χ0) is 14.2. The van der Waals surface area contributed by atoms with Crippen molar-refractivity contribution in [2.75, 3.05) is 16.9 Å². The molecule has 0 aromatic carbocycles. The highest BCUT2D eigenvalue weighted by atomic mass is 32.2. The Morgan fingerprint density at radius 1 is 1.37 bits per heavy atom. The highest BCUT2D eigenvalue weighted by molar-refractivity contribution is 7.91. The van der Waals surface area contributed by atoms with Crippen LogP contribution in [0, 0.1) is 6.92 Å². The minimum Gasteiger partial charge on any atom is -0.308 e. The molecule has 2 rings (SSSR count). The van der Waals surface area contributed by atoms with Gasteiger partial charge in [0.25, 0.3) is 0 Å². The number of aryl methyl sites for hydroxylation is 1. The first-order chi connectivity index (χ1) is 8.84. The standard InChI is InChI=1S/C12H20N4O2S/c1-7(2)10-8(3)14-11(15-12(10)16-13)9-4-5-19(17,18)6-9/h7,9H,4-6,13H2,1-3H3,(H,14,15,16). The Kier molecular flexibility index (Phi) is 3.78. The molecule has 19 heavy (non-hydrogen) atoms. The van der Waals surface area contributed by atoms with Gasteiger partial charge in [-0.25, -0.2) is 24.2 Å². The fourth-order valence-corrected chi connectivity index (χ4v) is 4.32. The van der Waals surface area contributed by atoms with Crippen LogP contribution in [0.1, 0.15) is 49.2 Å². The van der Waals surface area contributed by atoms with Crippen molar-refractivity contribution in [3.63, 3.8) is 0 Å². The first kappa shape index (κ1) is 14.2. The van der Waals surface area contributed by atoms with Gasteiger partial charge in [-0.15, -0.1) is 0 Å². The summed E-state index contributed by atoms with van der Waals surface area (Å²) < 4.78 is 23.1. The maximum absolute atomic E-state index is 11.5. The van der Waals surface area contributed by atoms with Gasteiger partial charge >= 0.3 is 0 Å². The number of nitrogen functional groups attached to an aromatic ring is 1. The maximum Gasteiger partial charge on any atom is 0.151 e. The molecule has 0 spiro atoms. The second kappa shape index (κ2) is 5.05. The molecule has 0 saturated carbocycles. The molecule has 0 amide bonds. The molecule has 1 aromatic rings. The van der Waals surface area contributed by atoms with Crippen LogP contribution in [-0.2, 0) is 9.84 Å². The van der Waals surface area contributed by atoms with Crippen molar-refractivity contribution in [3.8, 4) is 0 Å². The molecule has 6 nitrogen and oxygen atoms in total. The smallest absolute Gasteiger partial charge is 0.151 e. The van der Waals surface area contributed by atoms with E-state index in [0.717, 1.165) is 11.3 Å². The van der Waals surface area contributed by atoms with Crippen molar-refractivity contribution in [1.82, 2.24) is 9.97 Å². The van der Waals surface area contributed by atoms with Gasteiger partial charge in [-0.3, -0.25) is 0 Å². The molecule has 3 N–H and O–H groups in total. The largest absolute Gasteiger partial charge is 0.308 e. The van der Waals surface area contributed by atoms with Gasteiger partial charge in [0.1, 0.15) is 11.6 Å². The Morgan fingerprint density at radius 2 is 2.05 bits per heavy atom. The first-order valence-electron chi connectivity index (χ1n) is 6.39. The lowest BCUT2D eigenvalue weighted by molar-refractivity contribution is 0.601. The van der Waals surface area contributed by atoms with E-state index in [4.69, 9.17) is 5.84 Å². The normalized spacial score (nSPS) is 21.8. The lowest BCUT2D eigenvalue weighted by Gasteiger charge is -2.17. The summed E-state index contributed by atoms with van der Waals surface area (Å²) in [6.45, 7) is 6.00. The lowest BCUT2D eigenvalue weighted by atomic mass is 10.0. The molecule has 0 aliphatic carbocycles. The molecule has 1 aliphatic rings. The van der Waals surface area contributed by atoms with Crippen LogP contribution < -0.4 is 11.3 Å². The van der Waals surface area contributed by atoms with E-state index in [0.29, 0.717) is 18.1 Å². The van der Waals surface area contributed by atoms with E-state index >= 15 is 0 Å². The summed E-state index contributed by atoms with van der Waals surface area (Å²) in [5.74, 6) is 7.20. The van der Waals surface area contributed by atoms with E-state index in [2.05, 4.69) is 15.4 Å². The van der Waals surface area contributed by atoms with Crippen molar-refractivity contribution >= 4 is 15.7 Å². The number of sulfone groups is 1. The molecule has 1 aliphatic heterocycles. The number of nitrogens with one attached hydrogen (secondary N) is 1. The van der Waals surface area contributed by atoms with Crippen LogP contribution in [-0.4, -0.2) is 29.9 Å². The average Bonchev–Trinajstić information content (AvgIpc) is 2.68. The summed E-state index contributed by atoms with van der Waals surface area (Å²) in [6, 6.07) is 0. The lowest BCUT2D eigenvalue weighted by Crippen LogP contribution is -2.17. The van der Waals surface area contributed by atoms with Crippen LogP contribution in [0.15, 0.2) is 0 Å². The van der Waals surface area contributed by atoms with Crippen molar-refractivity contribution in [2.24, 2.45) is 5.84 Å². The first-order valence-corrected chi connectivity index (χ1v) is 8.21. The van der Waals surface area contributed by atoms with Gasteiger partial charge in [0.05, 0.1) is 11.5 Å². The second-order valence-corrected chi connectivity index (χ2v) is 7.56. The number of anilines is 1. The van der Waals surface area contributed by atoms with Crippen molar-refractivity contribution < 1.29 is 8.42 Å². The van der Waals surface area contributed by atoms with E-state index in [1.165, 1.54) is 0 Å². The predicted octanol–water partition coefficient (Wildman–Crippen LogP) is 1.10. The van der Waals surface area contributed by atoms with Crippen LogP contribution in [0.2, 0.25) is 0 Å². The van der Waals surface area contributed by atoms with E-state index in [1.807, 2.05) is 20.8 Å². The third-order valence-electron chi connectivity index (χ3n) is 3.47. The van der Waals surface area contributed by atoms with Gasteiger partial charge in [0.2, 0.25) is 0 Å². The number of rotatable bonds is 3. The minimum absolute atomic E-state index is 0.114. The third-order valence-corrected chi connectivity index (χ3v) is 5.23. The molecular formula is C12H20N4O2S. The predicted molar refractivity (Wildman–Crippen MR) is 74.7 cm³/mol. The number of hydrogen-bond donors (Lipinski definition) is 2. The van der Waals surface area contributed by atoms with Crippen LogP contribution in [0.4, 0.5) is 5.82 Å². The molecule has 1 atom stereocenters. The van der Waals surface area contributed by atoms with Gasteiger partial charge in [-0.1, -0.05) is 13.8 Å². The molecule has 0 bridgehead atoms. The fourth-order valence-electron chi connectivity index (χ4n) is 2.59. The molecule has 1 fully saturated rings. The Morgan fingerprint density at radius 3 is 2.53 bits per heavy atom. The highest BCUT2D eigenvalue weighted by Gasteiger charge is 2.31. The van der Waals surface area contributed by atoms with Gasteiger partial charge in [-0.05, 0) is 19.3 Å². The van der Waals surface area contributed by atoms with Gasteiger partial charge in [0.15, 0.2) is 9.84 Å². The number of nitrogens with two attached hydrogens (primary N) is 1. The summed E-state index contributed by atoms with van der Waals surface area (Å²) in [6.07, 6.45) is 0.590. The summed E-state index contributed by atoms with van der Waals surface area (Å²) in [5.41, 5.74) is 4.44. The van der Waals surface area contributed by atoms with Crippen LogP contribution in [0.3, 0.4) is 0 Å². The average molecular weight is 284 g/mol. The van der Waals surface area contributed by atoms with Crippen LogP contribution in [0.5, 0.6) is 0 Å². The molecule has 0 radical (unpaired) electrons. The zero-order valence-corrected chi connectivity index (χ0v) is 12.3. The van der Waals surface area contributed by atoms with Crippen LogP contribution >= 0.6 is 0 Å². The maximum atomic E-state index is 11.5. The van der Waals surface area contributed by atoms with Gasteiger partial charge < -0.3 is 5.43 Å². The minimum atomic E-state index is -2.93. The fraction of sp³-hybridized carbons (Fsp3) is 0.667. The number of aromatic nitrogens is 2. The number of hydrogen-bond acceptors (Lipinski definition) is 6. The molecule has 1 saturated heterocycles. The van der Waals surface area contributed by atoms with Crippen LogP contribution in [0.25, 0.3) is 0 Å². The summed E-state index contributed by atoms with van der Waals surface area (Å²) in [5, 5.41) is 0. The Bertz CT molecular complexity index is 584. The van der Waals surface area contributed by atoms with Gasteiger partial charge in [-0.2, -0.15) is 0 Å². The highest BCUT2D eigenvalue weighted by Crippen LogP contribution is 2.30. The second-order valence-electron chi connectivity index (χ2n) is 5.33. The van der Waals surface area contributed by atoms with E-state index in [9.17, 15) is 8.42 Å². The SMILES string of the molecule is Cc1nc(C2CCS(=O)(=O)C2)nc(NN)c1C(C)C. The van der Waals surface area contributed by atoms with Crippen molar-refractivity contribution in [1.29, 1.82) is 0 Å². The summed E-state index contributed by atoms with van der Waals surface area (Å²) in [7, 11) is -2.93. The monoisotopic (exact) mass is 284 g/mol. The van der Waals surface area contributed by atoms with Crippen molar-refractivity contribution in [2.45, 2.75) is 39.0 Å². The molecule has 2 heterocycles. The summed E-state index contributed by atoms with van der Waals surface area (Å²) in [4.78, 5) is 8.89. The third kappa shape index (κ3) is 2.87. The number of nitrogens with zero attached hydrogens (tertiary/aromatic N) is 2. The molecule has 7 heteroatoms. The van der Waals surface area contributed by atoms with E-state index in [1.54, 1.807) is 0 Å². The Balaban J connectivity index is 2.42. The molecule has 1 aromatic heterocycles. The summed E-state index contributed by atoms with van der Waals surface area (Å²) >= 11 is 0. The topological polar surface area (TPSA) is 98.0 Å². The zero-order valence-electron chi connectivity index (χ0n) is 11.5. The van der Waals surface area contributed by atoms with E-state index in [-0.39, 0.29) is 23.3 Å². The number of hydrazine groups is 1. The molecular weight excluding hydrogens is 264 g/mol. The Labute approximate surface area is 113 Å². The van der Waals surface area contributed by atoms with E-state index < -0.39 is 9.84 Å². The van der Waals surface area contributed by atoms with Crippen molar-refractivity contribution in [3.05, 3.63) is 17.1 Å². The van der Waals surface area contributed by atoms with Gasteiger partial charge in [0, 0.05) is 17.2 Å². The Hall–Kier alpha value is -1.21. The quantitative estimate of drug-likeness (QED) is 0.637. The molecule has 106 valence electrons.